The van der Waals surface area contributed by atoms with Crippen LogP contribution < -0.4 is 10.5 Å². The van der Waals surface area contributed by atoms with Crippen molar-refractivity contribution in [2.45, 2.75) is 6.54 Å². The molecule has 17 heavy (non-hydrogen) atoms. The molecule has 1 aromatic carbocycles. The van der Waals surface area contributed by atoms with Gasteiger partial charge in [-0.25, -0.2) is 0 Å². The molecule has 1 aromatic heterocycles. The maximum absolute atomic E-state index is 6.08. The van der Waals surface area contributed by atoms with Gasteiger partial charge >= 0.3 is 0 Å². The van der Waals surface area contributed by atoms with Crippen molar-refractivity contribution in [3.8, 4) is 17.0 Å². The van der Waals surface area contributed by atoms with Crippen molar-refractivity contribution >= 4 is 11.6 Å². The summed E-state index contributed by atoms with van der Waals surface area (Å²) in [6, 6.07) is 7.54. The van der Waals surface area contributed by atoms with Gasteiger partial charge in [-0.1, -0.05) is 11.6 Å². The van der Waals surface area contributed by atoms with Crippen molar-refractivity contribution in [2.24, 2.45) is 12.8 Å². The van der Waals surface area contributed by atoms with E-state index in [1.54, 1.807) is 11.8 Å². The summed E-state index contributed by atoms with van der Waals surface area (Å²) in [7, 11) is 3.46. The zero-order chi connectivity index (χ0) is 12.4. The molecular formula is C12H14ClN3O. The molecule has 0 bridgehead atoms. The highest BCUT2D eigenvalue weighted by Crippen LogP contribution is 2.29. The molecule has 2 aromatic rings. The van der Waals surface area contributed by atoms with Crippen molar-refractivity contribution in [1.29, 1.82) is 0 Å². The quantitative estimate of drug-likeness (QED) is 0.910. The number of hydrogen-bond acceptors (Lipinski definition) is 3. The van der Waals surface area contributed by atoms with E-state index in [1.807, 2.05) is 31.3 Å². The van der Waals surface area contributed by atoms with Crippen LogP contribution in [0.25, 0.3) is 11.3 Å². The van der Waals surface area contributed by atoms with Crippen LogP contribution in [0.1, 0.15) is 5.69 Å². The Morgan fingerprint density at radius 1 is 1.41 bits per heavy atom. The van der Waals surface area contributed by atoms with E-state index in [2.05, 4.69) is 5.10 Å². The predicted octanol–water partition coefficient (Wildman–Crippen LogP) is 2.21. The molecule has 5 heteroatoms. The maximum atomic E-state index is 6.08. The van der Waals surface area contributed by atoms with E-state index in [4.69, 9.17) is 22.1 Å². The van der Waals surface area contributed by atoms with Gasteiger partial charge in [-0.15, -0.1) is 0 Å². The van der Waals surface area contributed by atoms with E-state index in [0.29, 0.717) is 17.3 Å². The monoisotopic (exact) mass is 251 g/mol. The molecule has 0 spiro atoms. The summed E-state index contributed by atoms with van der Waals surface area (Å²) in [4.78, 5) is 0. The Hall–Kier alpha value is -1.52. The molecule has 4 nitrogen and oxygen atoms in total. The molecule has 0 amide bonds. The highest BCUT2D eigenvalue weighted by Gasteiger charge is 2.08. The van der Waals surface area contributed by atoms with Crippen molar-refractivity contribution in [3.05, 3.63) is 35.0 Å². The van der Waals surface area contributed by atoms with Crippen molar-refractivity contribution in [1.82, 2.24) is 9.78 Å². The van der Waals surface area contributed by atoms with Crippen LogP contribution >= 0.6 is 11.6 Å². The van der Waals surface area contributed by atoms with E-state index in [0.717, 1.165) is 17.0 Å². The summed E-state index contributed by atoms with van der Waals surface area (Å²) < 4.78 is 6.88. The Bertz CT molecular complexity index is 537. The van der Waals surface area contributed by atoms with E-state index >= 15 is 0 Å². The molecule has 1 heterocycles. The highest BCUT2D eigenvalue weighted by molar-refractivity contribution is 6.32. The van der Waals surface area contributed by atoms with E-state index in [9.17, 15) is 0 Å². The number of aryl methyl sites for hydroxylation is 1. The van der Waals surface area contributed by atoms with Gasteiger partial charge in [0.1, 0.15) is 5.75 Å². The molecule has 2 N–H and O–H groups in total. The first-order chi connectivity index (χ1) is 8.15. The third-order valence-corrected chi connectivity index (χ3v) is 2.93. The second kappa shape index (κ2) is 4.77. The predicted molar refractivity (Wildman–Crippen MR) is 68.1 cm³/mol. The highest BCUT2D eigenvalue weighted by atomic mass is 35.5. The molecule has 0 aliphatic rings. The van der Waals surface area contributed by atoms with Crippen molar-refractivity contribution < 1.29 is 4.74 Å². The number of aromatic nitrogens is 2. The van der Waals surface area contributed by atoms with E-state index < -0.39 is 0 Å². The molecule has 2 rings (SSSR count). The Morgan fingerprint density at radius 3 is 2.71 bits per heavy atom. The zero-order valence-electron chi connectivity index (χ0n) is 9.77. The number of nitrogens with two attached hydrogens (primary N) is 1. The summed E-state index contributed by atoms with van der Waals surface area (Å²) >= 11 is 6.08. The molecule has 0 saturated heterocycles. The van der Waals surface area contributed by atoms with E-state index in [1.165, 1.54) is 0 Å². The molecule has 0 unspecified atom stereocenters. The lowest BCUT2D eigenvalue weighted by Gasteiger charge is -2.03. The van der Waals surface area contributed by atoms with Gasteiger partial charge in [-0.05, 0) is 24.3 Å². The summed E-state index contributed by atoms with van der Waals surface area (Å²) in [5.74, 6) is 0.658. The Balaban J connectivity index is 2.42. The van der Waals surface area contributed by atoms with Gasteiger partial charge in [0.15, 0.2) is 0 Å². The normalized spacial score (nSPS) is 10.6. The first-order valence-corrected chi connectivity index (χ1v) is 5.60. The van der Waals surface area contributed by atoms with Crippen LogP contribution in [0.5, 0.6) is 5.75 Å². The van der Waals surface area contributed by atoms with Gasteiger partial charge in [0.2, 0.25) is 0 Å². The molecule has 0 aliphatic heterocycles. The van der Waals surface area contributed by atoms with Crippen LogP contribution in [0.4, 0.5) is 0 Å². The van der Waals surface area contributed by atoms with Crippen molar-refractivity contribution in [3.63, 3.8) is 0 Å². The van der Waals surface area contributed by atoms with Crippen LogP contribution in [0, 0.1) is 0 Å². The zero-order valence-corrected chi connectivity index (χ0v) is 10.5. The maximum Gasteiger partial charge on any atom is 0.137 e. The smallest absolute Gasteiger partial charge is 0.137 e. The van der Waals surface area contributed by atoms with Gasteiger partial charge in [0, 0.05) is 19.2 Å². The minimum Gasteiger partial charge on any atom is -0.495 e. The molecule has 0 fully saturated rings. The molecule has 0 atom stereocenters. The number of benzene rings is 1. The van der Waals surface area contributed by atoms with Gasteiger partial charge < -0.3 is 10.5 Å². The van der Waals surface area contributed by atoms with Crippen LogP contribution in [-0.2, 0) is 13.6 Å². The summed E-state index contributed by atoms with van der Waals surface area (Å²) in [5.41, 5.74) is 8.40. The minimum atomic E-state index is 0.466. The SMILES string of the molecule is COc1ccc(-c2cc(CN)n(C)n2)cc1Cl. The van der Waals surface area contributed by atoms with Crippen molar-refractivity contribution in [2.75, 3.05) is 7.11 Å². The fraction of sp³-hybridized carbons (Fsp3) is 0.250. The lowest BCUT2D eigenvalue weighted by molar-refractivity contribution is 0.415. The Labute approximate surface area is 105 Å². The second-order valence-corrected chi connectivity index (χ2v) is 4.11. The minimum absolute atomic E-state index is 0.466. The van der Waals surface area contributed by atoms with E-state index in [-0.39, 0.29) is 0 Å². The second-order valence-electron chi connectivity index (χ2n) is 3.70. The molecule has 0 saturated carbocycles. The van der Waals surface area contributed by atoms with Crippen LogP contribution in [-0.4, -0.2) is 16.9 Å². The fourth-order valence-corrected chi connectivity index (χ4v) is 1.92. The lowest BCUT2D eigenvalue weighted by atomic mass is 10.1. The van der Waals surface area contributed by atoms with Crippen LogP contribution in [0.3, 0.4) is 0 Å². The topological polar surface area (TPSA) is 53.1 Å². The number of nitrogens with zero attached hydrogens (tertiary/aromatic N) is 2. The number of rotatable bonds is 3. The number of halogens is 1. The first-order valence-electron chi connectivity index (χ1n) is 5.22. The third-order valence-electron chi connectivity index (χ3n) is 2.63. The fourth-order valence-electron chi connectivity index (χ4n) is 1.66. The van der Waals surface area contributed by atoms with Gasteiger partial charge in [-0.3, -0.25) is 4.68 Å². The number of hydrogen-bond donors (Lipinski definition) is 1. The largest absolute Gasteiger partial charge is 0.495 e. The number of methoxy groups -OCH3 is 1. The average Bonchev–Trinajstić information content (AvgIpc) is 2.70. The molecule has 0 radical (unpaired) electrons. The molecular weight excluding hydrogens is 238 g/mol. The van der Waals surface area contributed by atoms with Gasteiger partial charge in [-0.2, -0.15) is 5.10 Å². The molecule has 0 aliphatic carbocycles. The number of ether oxygens (including phenoxy) is 1. The third kappa shape index (κ3) is 2.28. The standard InChI is InChI=1S/C12H14ClN3O/c1-16-9(7-14)6-11(15-16)8-3-4-12(17-2)10(13)5-8/h3-6H,7,14H2,1-2H3. The van der Waals surface area contributed by atoms with Crippen LogP contribution in [0.15, 0.2) is 24.3 Å². The average molecular weight is 252 g/mol. The summed E-state index contributed by atoms with van der Waals surface area (Å²) in [6.45, 7) is 0.466. The van der Waals surface area contributed by atoms with Crippen LogP contribution in [0.2, 0.25) is 5.02 Å². The first kappa shape index (κ1) is 12.0. The summed E-state index contributed by atoms with van der Waals surface area (Å²) in [5, 5.41) is 4.96. The summed E-state index contributed by atoms with van der Waals surface area (Å²) in [6.07, 6.45) is 0. The Morgan fingerprint density at radius 2 is 2.18 bits per heavy atom. The lowest BCUT2D eigenvalue weighted by Crippen LogP contribution is -2.03. The van der Waals surface area contributed by atoms with Gasteiger partial charge in [0.05, 0.1) is 23.5 Å². The Kier molecular flexibility index (Phi) is 3.36. The molecule has 90 valence electrons. The van der Waals surface area contributed by atoms with Gasteiger partial charge in [0.25, 0.3) is 0 Å².